The first kappa shape index (κ1) is 16.3. The van der Waals surface area contributed by atoms with Crippen molar-refractivity contribution in [2.24, 2.45) is 0 Å². The summed E-state index contributed by atoms with van der Waals surface area (Å²) in [5, 5.41) is 1.47. The van der Waals surface area contributed by atoms with Crippen molar-refractivity contribution in [3.8, 4) is 0 Å². The van der Waals surface area contributed by atoms with E-state index in [-0.39, 0.29) is 0 Å². The zero-order valence-electron chi connectivity index (χ0n) is 12.5. The molecular formula is C17H15BrF2N2S. The highest BCUT2D eigenvalue weighted by Crippen LogP contribution is 2.34. The number of hydrogen-bond acceptors (Lipinski definition) is 3. The predicted octanol–water partition coefficient (Wildman–Crippen LogP) is 5.67. The van der Waals surface area contributed by atoms with Gasteiger partial charge in [0, 0.05) is 23.6 Å². The number of rotatable bonds is 5. The van der Waals surface area contributed by atoms with Crippen molar-refractivity contribution < 1.29 is 8.78 Å². The summed E-state index contributed by atoms with van der Waals surface area (Å²) in [6.07, 6.45) is 0.970. The Morgan fingerprint density at radius 2 is 1.96 bits per heavy atom. The van der Waals surface area contributed by atoms with Crippen molar-refractivity contribution in [1.29, 1.82) is 0 Å². The van der Waals surface area contributed by atoms with E-state index in [2.05, 4.69) is 40.0 Å². The molecule has 6 heteroatoms. The Hall–Kier alpha value is -1.53. The first-order valence-corrected chi connectivity index (χ1v) is 9.24. The maximum absolute atomic E-state index is 13.6. The number of aryl methyl sites for hydroxylation is 1. The van der Waals surface area contributed by atoms with Crippen molar-refractivity contribution in [3.05, 3.63) is 53.6 Å². The fourth-order valence-electron chi connectivity index (χ4n) is 2.36. The highest BCUT2D eigenvalue weighted by Gasteiger charge is 2.16. The lowest BCUT2D eigenvalue weighted by molar-refractivity contribution is 0.508. The molecule has 0 aliphatic rings. The SMILES string of the molecule is CCc1ccc2nc(N(CCBr)c3ccc(F)c(F)c3)sc2c1. The second-order valence-electron chi connectivity index (χ2n) is 5.09. The van der Waals surface area contributed by atoms with E-state index in [1.807, 2.05) is 11.0 Å². The lowest BCUT2D eigenvalue weighted by atomic mass is 10.2. The summed E-state index contributed by atoms with van der Waals surface area (Å²) < 4.78 is 27.9. The van der Waals surface area contributed by atoms with Crippen molar-refractivity contribution in [3.63, 3.8) is 0 Å². The number of benzene rings is 2. The quantitative estimate of drug-likeness (QED) is 0.516. The molecule has 0 spiro atoms. The van der Waals surface area contributed by atoms with Crippen LogP contribution in [0.4, 0.5) is 19.6 Å². The zero-order valence-corrected chi connectivity index (χ0v) is 14.9. The number of anilines is 2. The van der Waals surface area contributed by atoms with Crippen LogP contribution in [-0.2, 0) is 6.42 Å². The summed E-state index contributed by atoms with van der Waals surface area (Å²) in [6.45, 7) is 2.73. The number of fused-ring (bicyclic) bond motifs is 1. The molecule has 0 aliphatic heterocycles. The molecular weight excluding hydrogens is 382 g/mol. The van der Waals surface area contributed by atoms with Gasteiger partial charge in [0.05, 0.1) is 10.2 Å². The second kappa shape index (κ2) is 6.93. The van der Waals surface area contributed by atoms with Crippen LogP contribution in [-0.4, -0.2) is 16.9 Å². The van der Waals surface area contributed by atoms with Gasteiger partial charge in [-0.1, -0.05) is 40.3 Å². The van der Waals surface area contributed by atoms with E-state index in [4.69, 9.17) is 0 Å². The fraction of sp³-hybridized carbons (Fsp3) is 0.235. The summed E-state index contributed by atoms with van der Waals surface area (Å²) in [5.74, 6) is -1.69. The summed E-state index contributed by atoms with van der Waals surface area (Å²) in [5.41, 5.74) is 2.77. The molecule has 2 aromatic carbocycles. The highest BCUT2D eigenvalue weighted by atomic mass is 79.9. The Balaban J connectivity index is 2.04. The summed E-state index contributed by atoms with van der Waals surface area (Å²) in [6, 6.07) is 10.1. The van der Waals surface area contributed by atoms with Gasteiger partial charge in [-0.05, 0) is 36.2 Å². The van der Waals surface area contributed by atoms with Gasteiger partial charge in [-0.3, -0.25) is 0 Å². The van der Waals surface area contributed by atoms with E-state index in [9.17, 15) is 8.78 Å². The Labute approximate surface area is 145 Å². The smallest absolute Gasteiger partial charge is 0.190 e. The Morgan fingerprint density at radius 1 is 1.13 bits per heavy atom. The van der Waals surface area contributed by atoms with Crippen LogP contribution in [0.25, 0.3) is 10.2 Å². The van der Waals surface area contributed by atoms with Crippen molar-refractivity contribution >= 4 is 48.3 Å². The minimum Gasteiger partial charge on any atom is -0.317 e. The van der Waals surface area contributed by atoms with E-state index in [1.165, 1.54) is 11.6 Å². The van der Waals surface area contributed by atoms with E-state index in [0.29, 0.717) is 17.6 Å². The van der Waals surface area contributed by atoms with E-state index in [0.717, 1.165) is 27.8 Å². The van der Waals surface area contributed by atoms with Crippen molar-refractivity contribution in [2.45, 2.75) is 13.3 Å². The lowest BCUT2D eigenvalue weighted by Crippen LogP contribution is -2.19. The predicted molar refractivity (Wildman–Crippen MR) is 96.2 cm³/mol. The fourth-order valence-corrected chi connectivity index (χ4v) is 3.80. The van der Waals surface area contributed by atoms with Gasteiger partial charge in [-0.25, -0.2) is 13.8 Å². The molecule has 1 aromatic heterocycles. The van der Waals surface area contributed by atoms with Gasteiger partial charge in [0.25, 0.3) is 0 Å². The van der Waals surface area contributed by atoms with Crippen LogP contribution in [0.15, 0.2) is 36.4 Å². The van der Waals surface area contributed by atoms with Gasteiger partial charge in [0.1, 0.15) is 0 Å². The zero-order chi connectivity index (χ0) is 16.4. The third-order valence-electron chi connectivity index (χ3n) is 3.60. The van der Waals surface area contributed by atoms with Gasteiger partial charge < -0.3 is 4.90 Å². The Bertz CT molecular complexity index is 835. The third-order valence-corrected chi connectivity index (χ3v) is 5.00. The molecule has 0 unspecified atom stereocenters. The van der Waals surface area contributed by atoms with Crippen molar-refractivity contribution in [2.75, 3.05) is 16.8 Å². The lowest BCUT2D eigenvalue weighted by Gasteiger charge is -2.20. The molecule has 0 aliphatic carbocycles. The molecule has 23 heavy (non-hydrogen) atoms. The Kier molecular flexibility index (Phi) is 4.92. The molecule has 0 atom stereocenters. The average molecular weight is 397 g/mol. The van der Waals surface area contributed by atoms with Gasteiger partial charge in [0.2, 0.25) is 0 Å². The first-order valence-electron chi connectivity index (χ1n) is 7.30. The highest BCUT2D eigenvalue weighted by molar-refractivity contribution is 9.09. The topological polar surface area (TPSA) is 16.1 Å². The number of aromatic nitrogens is 1. The number of alkyl halides is 1. The standard InChI is InChI=1S/C17H15BrF2N2S/c1-2-11-3-6-15-16(9-11)23-17(21-15)22(8-7-18)12-4-5-13(19)14(20)10-12/h3-6,9-10H,2,7-8H2,1H3. The number of halogens is 3. The summed E-state index contributed by atoms with van der Waals surface area (Å²) in [7, 11) is 0. The second-order valence-corrected chi connectivity index (χ2v) is 6.89. The summed E-state index contributed by atoms with van der Waals surface area (Å²) in [4.78, 5) is 6.54. The molecule has 0 saturated heterocycles. The maximum atomic E-state index is 13.6. The van der Waals surface area contributed by atoms with Crippen LogP contribution in [0.5, 0.6) is 0 Å². The molecule has 0 saturated carbocycles. The van der Waals surface area contributed by atoms with Gasteiger partial charge >= 0.3 is 0 Å². The molecule has 3 aromatic rings. The summed E-state index contributed by atoms with van der Waals surface area (Å²) >= 11 is 4.97. The minimum absolute atomic E-state index is 0.595. The van der Waals surface area contributed by atoms with Crippen LogP contribution < -0.4 is 4.90 Å². The molecule has 2 nitrogen and oxygen atoms in total. The van der Waals surface area contributed by atoms with Crippen LogP contribution in [0.2, 0.25) is 0 Å². The van der Waals surface area contributed by atoms with Crippen LogP contribution >= 0.6 is 27.3 Å². The van der Waals surface area contributed by atoms with E-state index in [1.54, 1.807) is 17.4 Å². The molecule has 0 radical (unpaired) electrons. The van der Waals surface area contributed by atoms with Crippen molar-refractivity contribution in [1.82, 2.24) is 4.98 Å². The monoisotopic (exact) mass is 396 g/mol. The minimum atomic E-state index is -0.851. The van der Waals surface area contributed by atoms with E-state index < -0.39 is 11.6 Å². The molecule has 0 N–H and O–H groups in total. The van der Waals surface area contributed by atoms with Gasteiger partial charge in [0.15, 0.2) is 16.8 Å². The maximum Gasteiger partial charge on any atom is 0.190 e. The Morgan fingerprint density at radius 3 is 2.65 bits per heavy atom. The molecule has 0 amide bonds. The number of hydrogen-bond donors (Lipinski definition) is 0. The van der Waals surface area contributed by atoms with Crippen LogP contribution in [0, 0.1) is 11.6 Å². The van der Waals surface area contributed by atoms with Gasteiger partial charge in [-0.2, -0.15) is 0 Å². The van der Waals surface area contributed by atoms with Gasteiger partial charge in [-0.15, -0.1) is 0 Å². The van der Waals surface area contributed by atoms with Crippen LogP contribution in [0.1, 0.15) is 12.5 Å². The molecule has 0 bridgehead atoms. The normalized spacial score (nSPS) is 11.1. The van der Waals surface area contributed by atoms with Crippen LogP contribution in [0.3, 0.4) is 0 Å². The number of nitrogens with zero attached hydrogens (tertiary/aromatic N) is 2. The molecule has 3 rings (SSSR count). The molecule has 120 valence electrons. The number of thiazole rings is 1. The third kappa shape index (κ3) is 3.38. The molecule has 0 fully saturated rings. The average Bonchev–Trinajstić information content (AvgIpc) is 2.97. The first-order chi connectivity index (χ1) is 11.1. The molecule has 1 heterocycles. The largest absolute Gasteiger partial charge is 0.317 e. The van der Waals surface area contributed by atoms with E-state index >= 15 is 0 Å².